The van der Waals surface area contributed by atoms with Gasteiger partial charge in [-0.1, -0.05) is 47.5 Å². The fourth-order valence-electron chi connectivity index (χ4n) is 3.87. The first kappa shape index (κ1) is 16.9. The molecule has 5 rings (SSSR count). The smallest absolute Gasteiger partial charge is 0.140 e. The summed E-state index contributed by atoms with van der Waals surface area (Å²) in [5, 5.41) is 3.41. The van der Waals surface area contributed by atoms with E-state index in [1.54, 1.807) is 6.07 Å². The summed E-state index contributed by atoms with van der Waals surface area (Å²) < 4.78 is 6.40. The maximum absolute atomic E-state index is 6.42. The summed E-state index contributed by atoms with van der Waals surface area (Å²) in [6, 6.07) is 13.8. The van der Waals surface area contributed by atoms with Crippen molar-refractivity contribution in [2.24, 2.45) is 0 Å². The highest BCUT2D eigenvalue weighted by molar-refractivity contribution is 6.36. The van der Waals surface area contributed by atoms with Crippen LogP contribution in [0.1, 0.15) is 25.8 Å². The number of H-pyrrole nitrogens is 1. The van der Waals surface area contributed by atoms with Crippen LogP contribution in [0.2, 0.25) is 10.0 Å². The van der Waals surface area contributed by atoms with E-state index < -0.39 is 0 Å². The van der Waals surface area contributed by atoms with Crippen LogP contribution < -0.4 is 4.74 Å². The number of aromatic nitrogens is 2. The molecular formula is C22H18Cl2N2O. The monoisotopic (exact) mass is 396 g/mol. The lowest BCUT2D eigenvalue weighted by Crippen LogP contribution is -2.32. The number of hydrogen-bond acceptors (Lipinski definition) is 2. The first-order valence-corrected chi connectivity index (χ1v) is 9.76. The van der Waals surface area contributed by atoms with Crippen LogP contribution in [0.4, 0.5) is 0 Å². The lowest BCUT2D eigenvalue weighted by atomic mass is 9.91. The molecule has 0 radical (unpaired) electrons. The van der Waals surface area contributed by atoms with Crippen LogP contribution in [-0.2, 0) is 6.42 Å². The Balaban J connectivity index is 1.84. The van der Waals surface area contributed by atoms with Crippen molar-refractivity contribution in [1.82, 2.24) is 9.97 Å². The maximum Gasteiger partial charge on any atom is 0.140 e. The van der Waals surface area contributed by atoms with Gasteiger partial charge in [0.15, 0.2) is 0 Å². The van der Waals surface area contributed by atoms with Crippen molar-refractivity contribution < 1.29 is 4.74 Å². The second-order valence-corrected chi connectivity index (χ2v) is 8.49. The van der Waals surface area contributed by atoms with Gasteiger partial charge in [0, 0.05) is 26.9 Å². The van der Waals surface area contributed by atoms with Gasteiger partial charge in [0.1, 0.15) is 17.2 Å². The van der Waals surface area contributed by atoms with Crippen LogP contribution >= 0.6 is 23.2 Å². The molecule has 5 heteroatoms. The Morgan fingerprint density at radius 1 is 1.07 bits per heavy atom. The predicted molar refractivity (Wildman–Crippen MR) is 112 cm³/mol. The van der Waals surface area contributed by atoms with Gasteiger partial charge in [0.05, 0.1) is 16.1 Å². The molecule has 0 atom stereocenters. The van der Waals surface area contributed by atoms with Gasteiger partial charge in [-0.05, 0) is 44.9 Å². The molecule has 0 aliphatic carbocycles. The minimum absolute atomic E-state index is 0.178. The van der Waals surface area contributed by atoms with Crippen molar-refractivity contribution in [2.45, 2.75) is 32.3 Å². The molecule has 1 aliphatic rings. The Morgan fingerprint density at radius 3 is 2.63 bits per heavy atom. The highest BCUT2D eigenvalue weighted by Gasteiger charge is 2.31. The lowest BCUT2D eigenvalue weighted by molar-refractivity contribution is 0.0873. The molecule has 0 bridgehead atoms. The summed E-state index contributed by atoms with van der Waals surface area (Å²) in [4.78, 5) is 8.41. The minimum atomic E-state index is -0.178. The molecule has 4 aromatic rings. The number of ether oxygens (including phenoxy) is 1. The van der Waals surface area contributed by atoms with E-state index in [2.05, 4.69) is 31.0 Å². The van der Waals surface area contributed by atoms with Crippen LogP contribution in [0.25, 0.3) is 33.2 Å². The molecule has 0 saturated carbocycles. The number of halogens is 2. The standard InChI is InChI=1S/C22H18Cl2N2O/c1-22(2)10-9-16-19-18(13-5-3-4-6-14(13)20(16)27-22)25-21(26-19)15-8-7-12(23)11-17(15)24/h3-8,11H,9-10H2,1-2H3,(H,25,26). The number of benzene rings is 3. The quantitative estimate of drug-likeness (QED) is 0.384. The van der Waals surface area contributed by atoms with Crippen LogP contribution in [0, 0.1) is 0 Å². The Bertz CT molecular complexity index is 1210. The molecule has 3 nitrogen and oxygen atoms in total. The summed E-state index contributed by atoms with van der Waals surface area (Å²) in [5.41, 5.74) is 3.80. The number of fused-ring (bicyclic) bond motifs is 6. The molecule has 136 valence electrons. The van der Waals surface area contributed by atoms with Crippen LogP contribution in [0.5, 0.6) is 5.75 Å². The summed E-state index contributed by atoms with van der Waals surface area (Å²) in [7, 11) is 0. The fraction of sp³-hybridized carbons (Fsp3) is 0.227. The third kappa shape index (κ3) is 2.69. The number of hydrogen-bond donors (Lipinski definition) is 1. The van der Waals surface area contributed by atoms with Gasteiger partial charge in [-0.25, -0.2) is 4.98 Å². The fourth-order valence-corrected chi connectivity index (χ4v) is 4.36. The third-order valence-electron chi connectivity index (χ3n) is 5.25. The molecule has 1 aromatic heterocycles. The van der Waals surface area contributed by atoms with E-state index in [4.69, 9.17) is 32.9 Å². The van der Waals surface area contributed by atoms with Crippen molar-refractivity contribution >= 4 is 45.0 Å². The third-order valence-corrected chi connectivity index (χ3v) is 5.79. The minimum Gasteiger partial charge on any atom is -0.487 e. The zero-order valence-electron chi connectivity index (χ0n) is 15.1. The zero-order valence-corrected chi connectivity index (χ0v) is 16.6. The average Bonchev–Trinajstić information content (AvgIpc) is 3.06. The molecule has 3 aromatic carbocycles. The zero-order chi connectivity index (χ0) is 18.8. The highest BCUT2D eigenvalue weighted by atomic mass is 35.5. The second-order valence-electron chi connectivity index (χ2n) is 7.65. The summed E-state index contributed by atoms with van der Waals surface area (Å²) in [5.74, 6) is 1.70. The number of aryl methyl sites for hydroxylation is 1. The van der Waals surface area contributed by atoms with Crippen LogP contribution in [-0.4, -0.2) is 15.6 Å². The Morgan fingerprint density at radius 2 is 1.85 bits per heavy atom. The number of nitrogens with one attached hydrogen (secondary N) is 1. The molecule has 0 fully saturated rings. The lowest BCUT2D eigenvalue weighted by Gasteiger charge is -2.33. The van der Waals surface area contributed by atoms with E-state index in [9.17, 15) is 0 Å². The van der Waals surface area contributed by atoms with E-state index in [0.717, 1.165) is 57.3 Å². The second kappa shape index (κ2) is 5.88. The average molecular weight is 397 g/mol. The van der Waals surface area contributed by atoms with Gasteiger partial charge in [0.25, 0.3) is 0 Å². The van der Waals surface area contributed by atoms with Crippen molar-refractivity contribution in [2.75, 3.05) is 0 Å². The Hall–Kier alpha value is -2.23. The SMILES string of the molecule is CC1(C)CCc2c(c3ccccc3c3[nH]c(-c4ccc(Cl)cc4Cl)nc23)O1. The van der Waals surface area contributed by atoms with Gasteiger partial charge in [0.2, 0.25) is 0 Å². The number of rotatable bonds is 1. The molecule has 1 N–H and O–H groups in total. The van der Waals surface area contributed by atoms with Crippen molar-refractivity contribution in [3.8, 4) is 17.1 Å². The number of nitrogens with zero attached hydrogens (tertiary/aromatic N) is 1. The van der Waals surface area contributed by atoms with Crippen LogP contribution in [0.3, 0.4) is 0 Å². The Kier molecular flexibility index (Phi) is 3.68. The van der Waals surface area contributed by atoms with E-state index >= 15 is 0 Å². The van der Waals surface area contributed by atoms with Gasteiger partial charge >= 0.3 is 0 Å². The summed E-state index contributed by atoms with van der Waals surface area (Å²) in [6.07, 6.45) is 1.89. The Labute approximate surface area is 167 Å². The highest BCUT2D eigenvalue weighted by Crippen LogP contribution is 2.44. The molecule has 0 amide bonds. The van der Waals surface area contributed by atoms with Crippen LogP contribution in [0.15, 0.2) is 42.5 Å². The van der Waals surface area contributed by atoms with Gasteiger partial charge in [-0.15, -0.1) is 0 Å². The van der Waals surface area contributed by atoms with Gasteiger partial charge < -0.3 is 9.72 Å². The van der Waals surface area contributed by atoms with Gasteiger partial charge in [-0.3, -0.25) is 0 Å². The van der Waals surface area contributed by atoms with Gasteiger partial charge in [-0.2, -0.15) is 0 Å². The molecule has 2 heterocycles. The molecule has 0 unspecified atom stereocenters. The number of imidazole rings is 1. The maximum atomic E-state index is 6.42. The molecule has 0 saturated heterocycles. The van der Waals surface area contributed by atoms with Crippen molar-refractivity contribution in [1.29, 1.82) is 0 Å². The van der Waals surface area contributed by atoms with E-state index in [-0.39, 0.29) is 5.60 Å². The molecule has 1 aliphatic heterocycles. The van der Waals surface area contributed by atoms with Crippen molar-refractivity contribution in [3.63, 3.8) is 0 Å². The topological polar surface area (TPSA) is 37.9 Å². The molecule has 0 spiro atoms. The molecular weight excluding hydrogens is 379 g/mol. The summed E-state index contributed by atoms with van der Waals surface area (Å²) >= 11 is 12.5. The first-order chi connectivity index (χ1) is 12.9. The van der Waals surface area contributed by atoms with Crippen molar-refractivity contribution in [3.05, 3.63) is 58.1 Å². The van der Waals surface area contributed by atoms with E-state index in [0.29, 0.717) is 10.0 Å². The van der Waals surface area contributed by atoms with E-state index in [1.165, 1.54) is 0 Å². The van der Waals surface area contributed by atoms with E-state index in [1.807, 2.05) is 24.3 Å². The number of aromatic amines is 1. The first-order valence-electron chi connectivity index (χ1n) is 9.01. The molecule has 27 heavy (non-hydrogen) atoms. The summed E-state index contributed by atoms with van der Waals surface area (Å²) in [6.45, 7) is 4.27. The largest absolute Gasteiger partial charge is 0.487 e. The predicted octanol–water partition coefficient (Wildman–Crippen LogP) is 6.79. The normalized spacial score (nSPS) is 15.7.